The lowest BCUT2D eigenvalue weighted by Gasteiger charge is -2.07. The summed E-state index contributed by atoms with van der Waals surface area (Å²) in [7, 11) is -5.14. The second-order valence-corrected chi connectivity index (χ2v) is 5.27. The van der Waals surface area contributed by atoms with E-state index in [9.17, 15) is 38.3 Å². The lowest BCUT2D eigenvalue weighted by molar-refractivity contribution is -0.424. The second-order valence-electron chi connectivity index (χ2n) is 3.91. The van der Waals surface area contributed by atoms with E-state index in [1.807, 2.05) is 0 Å². The molecule has 110 valence electrons. The first-order valence-electron chi connectivity index (χ1n) is 5.20. The lowest BCUT2D eigenvalue weighted by atomic mass is 10.1. The number of aromatic hydroxyl groups is 1. The maximum Gasteiger partial charge on any atom is 0.389 e. The minimum atomic E-state index is -5.14. The monoisotopic (exact) mass is 314 g/mol. The number of nitrogens with zero attached hydrogens (tertiary/aromatic N) is 2. The van der Waals surface area contributed by atoms with Gasteiger partial charge >= 0.3 is 21.5 Å². The van der Waals surface area contributed by atoms with Crippen molar-refractivity contribution in [3.63, 3.8) is 0 Å². The van der Waals surface area contributed by atoms with Gasteiger partial charge in [-0.3, -0.25) is 24.8 Å². The van der Waals surface area contributed by atoms with E-state index in [2.05, 4.69) is 0 Å². The van der Waals surface area contributed by atoms with Crippen molar-refractivity contribution in [3.05, 3.63) is 44.5 Å². The summed E-state index contributed by atoms with van der Waals surface area (Å²) in [6, 6.07) is 4.85. The highest BCUT2D eigenvalue weighted by Crippen LogP contribution is 2.46. The molecule has 0 amide bonds. The number of hydrogen-bond acceptors (Lipinski definition) is 7. The Kier molecular flexibility index (Phi) is 3.23. The van der Waals surface area contributed by atoms with Gasteiger partial charge in [0.15, 0.2) is 4.90 Å². The van der Waals surface area contributed by atoms with Crippen molar-refractivity contribution < 1.29 is 27.9 Å². The summed E-state index contributed by atoms with van der Waals surface area (Å²) in [4.78, 5) is 18.1. The summed E-state index contributed by atoms with van der Waals surface area (Å²) in [6.45, 7) is 0. The van der Waals surface area contributed by atoms with Gasteiger partial charge in [-0.25, -0.2) is 0 Å². The normalized spacial score (nSPS) is 11.5. The molecule has 0 heterocycles. The molecule has 2 aromatic carbocycles. The van der Waals surface area contributed by atoms with Crippen LogP contribution in [-0.4, -0.2) is 27.9 Å². The van der Waals surface area contributed by atoms with Gasteiger partial charge in [-0.2, -0.15) is 8.42 Å². The molecule has 2 rings (SSSR count). The van der Waals surface area contributed by atoms with Crippen LogP contribution in [-0.2, 0) is 10.1 Å². The second kappa shape index (κ2) is 4.64. The molecule has 0 radical (unpaired) electrons. The van der Waals surface area contributed by atoms with E-state index in [-0.39, 0.29) is 5.39 Å². The summed E-state index contributed by atoms with van der Waals surface area (Å²) in [5.74, 6) is -1.05. The number of rotatable bonds is 3. The molecule has 0 aliphatic carbocycles. The molecule has 0 aliphatic heterocycles. The Bertz CT molecular complexity index is 890. The largest absolute Gasteiger partial charge is 0.501 e. The van der Waals surface area contributed by atoms with Gasteiger partial charge in [-0.1, -0.05) is 24.3 Å². The van der Waals surface area contributed by atoms with Gasteiger partial charge in [0, 0.05) is 10.8 Å². The smallest absolute Gasteiger partial charge is 0.389 e. The number of phenols is 1. The van der Waals surface area contributed by atoms with Crippen LogP contribution in [0.3, 0.4) is 0 Å². The first-order valence-corrected chi connectivity index (χ1v) is 6.64. The number of nitro groups is 2. The van der Waals surface area contributed by atoms with Gasteiger partial charge in [-0.15, -0.1) is 0 Å². The van der Waals surface area contributed by atoms with Crippen molar-refractivity contribution in [2.24, 2.45) is 0 Å². The Morgan fingerprint density at radius 1 is 0.952 bits per heavy atom. The first kappa shape index (κ1) is 14.6. The van der Waals surface area contributed by atoms with Crippen molar-refractivity contribution in [2.75, 3.05) is 0 Å². The van der Waals surface area contributed by atoms with E-state index in [1.54, 1.807) is 0 Å². The average Bonchev–Trinajstić information content (AvgIpc) is 2.36. The van der Waals surface area contributed by atoms with Gasteiger partial charge in [0.1, 0.15) is 0 Å². The van der Waals surface area contributed by atoms with Crippen LogP contribution in [0.25, 0.3) is 10.8 Å². The molecule has 21 heavy (non-hydrogen) atoms. The number of nitro benzene ring substituents is 2. The Balaban J connectivity index is 3.25. The van der Waals surface area contributed by atoms with Crippen LogP contribution in [0.2, 0.25) is 0 Å². The molecule has 0 saturated heterocycles. The molecule has 0 spiro atoms. The third-order valence-corrected chi connectivity index (χ3v) is 3.64. The lowest BCUT2D eigenvalue weighted by Crippen LogP contribution is -2.07. The highest BCUT2D eigenvalue weighted by Gasteiger charge is 2.40. The highest BCUT2D eigenvalue weighted by atomic mass is 32.2. The van der Waals surface area contributed by atoms with E-state index in [0.717, 1.165) is 12.1 Å². The predicted octanol–water partition coefficient (Wildman–Crippen LogP) is 1.61. The van der Waals surface area contributed by atoms with Crippen LogP contribution in [0.5, 0.6) is 5.75 Å². The van der Waals surface area contributed by atoms with Gasteiger partial charge in [0.05, 0.1) is 9.85 Å². The number of hydrogen-bond donors (Lipinski definition) is 2. The first-order chi connectivity index (χ1) is 9.66. The molecule has 10 nitrogen and oxygen atoms in total. The summed E-state index contributed by atoms with van der Waals surface area (Å²) in [6.07, 6.45) is 0. The Labute approximate surface area is 116 Å². The van der Waals surface area contributed by atoms with E-state index in [1.165, 1.54) is 12.1 Å². The van der Waals surface area contributed by atoms with Gasteiger partial charge in [-0.05, 0) is 0 Å². The van der Waals surface area contributed by atoms with E-state index in [4.69, 9.17) is 0 Å². The third-order valence-electron chi connectivity index (χ3n) is 2.71. The fraction of sp³-hybridized carbons (Fsp3) is 0. The number of benzene rings is 2. The van der Waals surface area contributed by atoms with Gasteiger partial charge in [0.25, 0.3) is 0 Å². The zero-order valence-electron chi connectivity index (χ0n) is 9.96. The molecule has 2 N–H and O–H groups in total. The highest BCUT2D eigenvalue weighted by molar-refractivity contribution is 7.86. The molecular formula is C10H6N2O8S. The number of fused-ring (bicyclic) bond motifs is 1. The summed E-state index contributed by atoms with van der Waals surface area (Å²) in [5.41, 5.74) is -2.88. The quantitative estimate of drug-likeness (QED) is 0.490. The molecule has 0 fully saturated rings. The topological polar surface area (TPSA) is 161 Å². The summed E-state index contributed by atoms with van der Waals surface area (Å²) < 4.78 is 32.0. The fourth-order valence-electron chi connectivity index (χ4n) is 1.97. The standard InChI is InChI=1S/C10H6N2O8S/c13-9-5-3-1-2-4-6(5)10(21(18,19)20)8(12(16)17)7(9)11(14)15/h1-4,13H,(H,18,19,20). The van der Waals surface area contributed by atoms with Crippen molar-refractivity contribution in [1.82, 2.24) is 0 Å². The number of phenolic OH excluding ortho intramolecular Hbond substituents is 1. The van der Waals surface area contributed by atoms with Crippen molar-refractivity contribution in [2.45, 2.75) is 4.90 Å². The third kappa shape index (κ3) is 2.23. The molecule has 0 atom stereocenters. The average molecular weight is 314 g/mol. The minimum absolute atomic E-state index is 0.303. The van der Waals surface area contributed by atoms with Crippen molar-refractivity contribution in [1.29, 1.82) is 0 Å². The Morgan fingerprint density at radius 3 is 1.86 bits per heavy atom. The van der Waals surface area contributed by atoms with Crippen LogP contribution in [0, 0.1) is 20.2 Å². The Morgan fingerprint density at radius 2 is 1.43 bits per heavy atom. The molecular weight excluding hydrogens is 308 g/mol. The van der Waals surface area contributed by atoms with E-state index >= 15 is 0 Å². The Hall–Kier alpha value is -2.79. The predicted molar refractivity (Wildman–Crippen MR) is 68.7 cm³/mol. The molecule has 0 aromatic heterocycles. The van der Waals surface area contributed by atoms with Gasteiger partial charge in [0.2, 0.25) is 5.75 Å². The summed E-state index contributed by atoms with van der Waals surface area (Å²) in [5, 5.41) is 31.1. The van der Waals surface area contributed by atoms with Crippen LogP contribution < -0.4 is 0 Å². The van der Waals surface area contributed by atoms with E-state index < -0.39 is 47.4 Å². The SMILES string of the molecule is O=[N+]([O-])c1c([N+](=O)[O-])c(S(=O)(=O)O)c2ccccc2c1O. The zero-order valence-corrected chi connectivity index (χ0v) is 10.8. The van der Waals surface area contributed by atoms with Crippen LogP contribution in [0.1, 0.15) is 0 Å². The zero-order chi connectivity index (χ0) is 15.9. The maximum atomic E-state index is 11.4. The van der Waals surface area contributed by atoms with Crippen LogP contribution >= 0.6 is 0 Å². The molecule has 0 bridgehead atoms. The molecule has 11 heteroatoms. The van der Waals surface area contributed by atoms with Crippen molar-refractivity contribution in [3.8, 4) is 5.75 Å². The van der Waals surface area contributed by atoms with Crippen molar-refractivity contribution >= 4 is 32.3 Å². The summed E-state index contributed by atoms with van der Waals surface area (Å²) >= 11 is 0. The maximum absolute atomic E-state index is 11.4. The molecule has 2 aromatic rings. The molecule has 0 saturated carbocycles. The fourth-order valence-corrected chi connectivity index (χ4v) is 2.84. The molecule has 0 unspecified atom stereocenters. The minimum Gasteiger partial charge on any atom is -0.501 e. The van der Waals surface area contributed by atoms with Crippen LogP contribution in [0.4, 0.5) is 11.4 Å². The van der Waals surface area contributed by atoms with Gasteiger partial charge < -0.3 is 5.11 Å². The van der Waals surface area contributed by atoms with E-state index in [0.29, 0.717) is 0 Å². The van der Waals surface area contributed by atoms with Crippen LogP contribution in [0.15, 0.2) is 29.2 Å². The molecule has 0 aliphatic rings.